The first kappa shape index (κ1) is 18.9. The van der Waals surface area contributed by atoms with E-state index in [9.17, 15) is 8.42 Å². The minimum Gasteiger partial charge on any atom is -0.395 e. The number of fused-ring (bicyclic) bond motifs is 1. The molecule has 3 rings (SSSR count). The van der Waals surface area contributed by atoms with Crippen LogP contribution in [-0.4, -0.2) is 53.1 Å². The summed E-state index contributed by atoms with van der Waals surface area (Å²) in [6, 6.07) is 11.3. The number of aliphatic hydroxyl groups is 1. The molecule has 8 heteroatoms. The number of hydrogen-bond acceptors (Lipinski definition) is 7. The summed E-state index contributed by atoms with van der Waals surface area (Å²) < 4.78 is 23.5. The van der Waals surface area contributed by atoms with Crippen molar-refractivity contribution in [3.8, 4) is 0 Å². The Hall–Kier alpha value is -2.84. The summed E-state index contributed by atoms with van der Waals surface area (Å²) in [6.45, 7) is -0.169. The summed E-state index contributed by atoms with van der Waals surface area (Å²) in [6.07, 6.45) is 7.10. The SMILES string of the molecule is O=S(=O)(CCO)CCNc1nc(C=Cc2cccnc2)nc2ccccc12. The van der Waals surface area contributed by atoms with Crippen LogP contribution < -0.4 is 5.32 Å². The molecule has 2 heterocycles. The number of anilines is 1. The summed E-state index contributed by atoms with van der Waals surface area (Å²) in [4.78, 5) is 13.1. The molecule has 0 aliphatic heterocycles. The Labute approximate surface area is 157 Å². The van der Waals surface area contributed by atoms with E-state index >= 15 is 0 Å². The molecule has 0 unspecified atom stereocenters. The third-order valence-corrected chi connectivity index (χ3v) is 5.47. The average molecular weight is 384 g/mol. The number of rotatable bonds is 8. The van der Waals surface area contributed by atoms with Crippen LogP contribution in [-0.2, 0) is 9.84 Å². The Morgan fingerprint density at radius 3 is 2.67 bits per heavy atom. The second kappa shape index (κ2) is 8.70. The van der Waals surface area contributed by atoms with Gasteiger partial charge in [0.1, 0.15) is 5.82 Å². The monoisotopic (exact) mass is 384 g/mol. The second-order valence-corrected chi connectivity index (χ2v) is 8.17. The molecule has 0 aliphatic carbocycles. The van der Waals surface area contributed by atoms with Crippen LogP contribution in [0.1, 0.15) is 11.4 Å². The van der Waals surface area contributed by atoms with Crippen LogP contribution in [0.25, 0.3) is 23.1 Å². The van der Waals surface area contributed by atoms with Gasteiger partial charge in [-0.25, -0.2) is 18.4 Å². The van der Waals surface area contributed by atoms with Gasteiger partial charge in [-0.1, -0.05) is 18.2 Å². The first-order chi connectivity index (χ1) is 13.1. The Balaban J connectivity index is 1.84. The standard InChI is InChI=1S/C19H20N4O3S/c24-11-13-27(25,26)12-10-21-19-16-5-1-2-6-17(16)22-18(23-19)8-7-15-4-3-9-20-14-15/h1-9,14,24H,10-13H2,(H,21,22,23). The fourth-order valence-electron chi connectivity index (χ4n) is 2.52. The number of benzene rings is 1. The highest BCUT2D eigenvalue weighted by Crippen LogP contribution is 2.20. The first-order valence-electron chi connectivity index (χ1n) is 8.47. The topological polar surface area (TPSA) is 105 Å². The fourth-order valence-corrected chi connectivity index (χ4v) is 3.41. The predicted molar refractivity (Wildman–Crippen MR) is 107 cm³/mol. The second-order valence-electron chi connectivity index (χ2n) is 5.87. The van der Waals surface area contributed by atoms with Crippen LogP contribution in [0.5, 0.6) is 0 Å². The summed E-state index contributed by atoms with van der Waals surface area (Å²) in [5.41, 5.74) is 1.69. The Bertz CT molecular complexity index is 1040. The highest BCUT2D eigenvalue weighted by atomic mass is 32.2. The summed E-state index contributed by atoms with van der Waals surface area (Å²) >= 11 is 0. The Morgan fingerprint density at radius 2 is 1.89 bits per heavy atom. The quantitative estimate of drug-likeness (QED) is 0.612. The van der Waals surface area contributed by atoms with Crippen LogP contribution in [0.15, 0.2) is 48.8 Å². The molecule has 0 radical (unpaired) electrons. The maximum Gasteiger partial charge on any atom is 0.154 e. The number of nitrogens with one attached hydrogen (secondary N) is 1. The lowest BCUT2D eigenvalue weighted by Gasteiger charge is -2.10. The van der Waals surface area contributed by atoms with Gasteiger partial charge in [0.25, 0.3) is 0 Å². The zero-order valence-corrected chi connectivity index (χ0v) is 15.4. The minimum atomic E-state index is -3.29. The van der Waals surface area contributed by atoms with Gasteiger partial charge >= 0.3 is 0 Å². The smallest absolute Gasteiger partial charge is 0.154 e. The first-order valence-corrected chi connectivity index (χ1v) is 10.3. The van der Waals surface area contributed by atoms with Crippen molar-refractivity contribution in [2.45, 2.75) is 0 Å². The van der Waals surface area contributed by atoms with Crippen LogP contribution in [0, 0.1) is 0 Å². The maximum atomic E-state index is 11.8. The molecule has 0 spiro atoms. The van der Waals surface area contributed by atoms with Gasteiger partial charge in [0.15, 0.2) is 15.7 Å². The van der Waals surface area contributed by atoms with E-state index in [4.69, 9.17) is 5.11 Å². The lowest BCUT2D eigenvalue weighted by molar-refractivity contribution is 0.319. The fraction of sp³-hybridized carbons (Fsp3) is 0.211. The van der Waals surface area contributed by atoms with E-state index in [0.717, 1.165) is 16.5 Å². The molecular weight excluding hydrogens is 364 g/mol. The van der Waals surface area contributed by atoms with Crippen molar-refractivity contribution < 1.29 is 13.5 Å². The van der Waals surface area contributed by atoms with E-state index in [0.29, 0.717) is 11.6 Å². The number of aromatic nitrogens is 3. The molecule has 27 heavy (non-hydrogen) atoms. The minimum absolute atomic E-state index is 0.0766. The number of nitrogens with zero attached hydrogens (tertiary/aromatic N) is 3. The zero-order valence-electron chi connectivity index (χ0n) is 14.6. The molecule has 2 N–H and O–H groups in total. The van der Waals surface area contributed by atoms with Crippen molar-refractivity contribution in [1.82, 2.24) is 15.0 Å². The van der Waals surface area contributed by atoms with Gasteiger partial charge in [-0.05, 0) is 35.9 Å². The lowest BCUT2D eigenvalue weighted by Crippen LogP contribution is -2.20. The number of hydrogen-bond donors (Lipinski definition) is 2. The van der Waals surface area contributed by atoms with E-state index < -0.39 is 9.84 Å². The molecule has 0 saturated carbocycles. The average Bonchev–Trinajstić information content (AvgIpc) is 2.67. The van der Waals surface area contributed by atoms with Crippen molar-refractivity contribution in [3.63, 3.8) is 0 Å². The van der Waals surface area contributed by atoms with E-state index in [1.807, 2.05) is 42.5 Å². The van der Waals surface area contributed by atoms with Gasteiger partial charge in [-0.3, -0.25) is 4.98 Å². The number of para-hydroxylation sites is 1. The molecular formula is C19H20N4O3S. The molecule has 140 valence electrons. The number of pyridine rings is 1. The summed E-state index contributed by atoms with van der Waals surface area (Å²) in [5.74, 6) is 0.773. The third-order valence-electron chi connectivity index (χ3n) is 3.84. The van der Waals surface area contributed by atoms with Gasteiger partial charge in [-0.15, -0.1) is 0 Å². The van der Waals surface area contributed by atoms with E-state index in [1.54, 1.807) is 18.5 Å². The van der Waals surface area contributed by atoms with Crippen molar-refractivity contribution in [2.75, 3.05) is 30.0 Å². The van der Waals surface area contributed by atoms with Crippen LogP contribution in [0.2, 0.25) is 0 Å². The van der Waals surface area contributed by atoms with E-state index in [1.165, 1.54) is 0 Å². The van der Waals surface area contributed by atoms with Crippen molar-refractivity contribution >= 4 is 38.7 Å². The zero-order chi connectivity index (χ0) is 19.1. The van der Waals surface area contributed by atoms with Crippen molar-refractivity contribution in [1.29, 1.82) is 0 Å². The normalized spacial score (nSPS) is 11.9. The van der Waals surface area contributed by atoms with E-state index in [2.05, 4.69) is 20.3 Å². The molecule has 1 aromatic carbocycles. The highest BCUT2D eigenvalue weighted by Gasteiger charge is 2.11. The van der Waals surface area contributed by atoms with Crippen LogP contribution >= 0.6 is 0 Å². The van der Waals surface area contributed by atoms with Gasteiger partial charge in [-0.2, -0.15) is 0 Å². The molecule has 2 aromatic heterocycles. The summed E-state index contributed by atoms with van der Waals surface area (Å²) in [5, 5.41) is 12.7. The summed E-state index contributed by atoms with van der Waals surface area (Å²) in [7, 11) is -3.29. The van der Waals surface area contributed by atoms with Gasteiger partial charge in [0, 0.05) is 24.3 Å². The molecule has 0 saturated heterocycles. The molecule has 0 amide bonds. The van der Waals surface area contributed by atoms with Crippen molar-refractivity contribution in [3.05, 3.63) is 60.2 Å². The molecule has 0 fully saturated rings. The predicted octanol–water partition coefficient (Wildman–Crippen LogP) is 2.01. The van der Waals surface area contributed by atoms with Gasteiger partial charge < -0.3 is 10.4 Å². The van der Waals surface area contributed by atoms with Gasteiger partial charge in [0.05, 0.1) is 23.6 Å². The molecule has 3 aromatic rings. The van der Waals surface area contributed by atoms with Gasteiger partial charge in [0.2, 0.25) is 0 Å². The number of sulfone groups is 1. The molecule has 0 atom stereocenters. The molecule has 0 aliphatic rings. The largest absolute Gasteiger partial charge is 0.395 e. The van der Waals surface area contributed by atoms with Crippen molar-refractivity contribution in [2.24, 2.45) is 0 Å². The maximum absolute atomic E-state index is 11.8. The van der Waals surface area contributed by atoms with E-state index in [-0.39, 0.29) is 24.7 Å². The highest BCUT2D eigenvalue weighted by molar-refractivity contribution is 7.91. The van der Waals surface area contributed by atoms with Crippen LogP contribution in [0.4, 0.5) is 5.82 Å². The van der Waals surface area contributed by atoms with Crippen LogP contribution in [0.3, 0.4) is 0 Å². The Kier molecular flexibility index (Phi) is 6.10. The lowest BCUT2D eigenvalue weighted by atomic mass is 10.2. The Morgan fingerprint density at radius 1 is 1.04 bits per heavy atom. The molecule has 0 bridgehead atoms. The molecule has 7 nitrogen and oxygen atoms in total. The number of aliphatic hydroxyl groups excluding tert-OH is 1. The third kappa shape index (κ3) is 5.32.